The largest absolute Gasteiger partial charge is 0.462 e. The lowest BCUT2D eigenvalue weighted by molar-refractivity contribution is -0.167. The quantitative estimate of drug-likeness (QED) is 0.0261. The van der Waals surface area contributed by atoms with E-state index in [0.717, 1.165) is 135 Å². The maximum Gasteiger partial charge on any atom is 0.306 e. The van der Waals surface area contributed by atoms with Crippen LogP contribution in [0.5, 0.6) is 0 Å². The van der Waals surface area contributed by atoms with Crippen LogP contribution in [0.1, 0.15) is 355 Å². The lowest BCUT2D eigenvalue weighted by Crippen LogP contribution is -2.30. The molecule has 0 aromatic rings. The molecule has 0 fully saturated rings. The topological polar surface area (TPSA) is 78.9 Å². The highest BCUT2D eigenvalue weighted by atomic mass is 16.6. The second-order valence-corrected chi connectivity index (χ2v) is 23.7. The van der Waals surface area contributed by atoms with Gasteiger partial charge in [-0.15, -0.1) is 0 Å². The van der Waals surface area contributed by atoms with Crippen molar-refractivity contribution < 1.29 is 28.6 Å². The number of allylic oxidation sites excluding steroid dienone is 16. The van der Waals surface area contributed by atoms with E-state index in [2.05, 4.69) is 118 Å². The molecule has 6 nitrogen and oxygen atoms in total. The summed E-state index contributed by atoms with van der Waals surface area (Å²) in [6.45, 7) is 6.42. The summed E-state index contributed by atoms with van der Waals surface area (Å²) in [5, 5.41) is 0. The van der Waals surface area contributed by atoms with Gasteiger partial charge >= 0.3 is 17.9 Å². The van der Waals surface area contributed by atoms with Crippen LogP contribution in [0.25, 0.3) is 0 Å². The van der Waals surface area contributed by atoms with E-state index >= 15 is 0 Å². The van der Waals surface area contributed by atoms with E-state index in [1.54, 1.807) is 0 Å². The molecule has 0 N–H and O–H groups in total. The Morgan fingerprint density at radius 2 is 0.470 bits per heavy atom. The Bertz CT molecular complexity index is 1610. The molecule has 0 saturated carbocycles. The Labute approximate surface area is 515 Å². The lowest BCUT2D eigenvalue weighted by Gasteiger charge is -2.18. The van der Waals surface area contributed by atoms with Crippen LogP contribution in [0.15, 0.2) is 97.2 Å². The summed E-state index contributed by atoms with van der Waals surface area (Å²) >= 11 is 0. The summed E-state index contributed by atoms with van der Waals surface area (Å²) in [5.74, 6) is -0.931. The first-order valence-corrected chi connectivity index (χ1v) is 35.7. The zero-order valence-corrected chi connectivity index (χ0v) is 54.9. The molecule has 1 unspecified atom stereocenters. The number of esters is 3. The van der Waals surface area contributed by atoms with Crippen molar-refractivity contribution in [2.75, 3.05) is 13.2 Å². The van der Waals surface area contributed by atoms with Crippen molar-refractivity contribution in [2.24, 2.45) is 0 Å². The van der Waals surface area contributed by atoms with Crippen LogP contribution in [0.4, 0.5) is 0 Å². The number of ether oxygens (including phenoxy) is 3. The molecule has 0 aliphatic heterocycles. The van der Waals surface area contributed by atoms with Gasteiger partial charge in [-0.05, 0) is 96.3 Å². The molecule has 6 heteroatoms. The third-order valence-corrected chi connectivity index (χ3v) is 15.6. The predicted octanol–water partition coefficient (Wildman–Crippen LogP) is 24.8. The molecule has 0 radical (unpaired) electrons. The van der Waals surface area contributed by atoms with Gasteiger partial charge in [0.2, 0.25) is 0 Å². The molecule has 0 aromatic carbocycles. The summed E-state index contributed by atoms with van der Waals surface area (Å²) < 4.78 is 16.9. The Hall–Kier alpha value is -3.67. The van der Waals surface area contributed by atoms with E-state index in [4.69, 9.17) is 14.2 Å². The maximum atomic E-state index is 12.9. The van der Waals surface area contributed by atoms with E-state index < -0.39 is 6.10 Å². The highest BCUT2D eigenvalue weighted by Crippen LogP contribution is 2.18. The molecule has 0 amide bonds. The van der Waals surface area contributed by atoms with E-state index in [9.17, 15) is 14.4 Å². The normalized spacial score (nSPS) is 12.7. The second kappa shape index (κ2) is 70.8. The van der Waals surface area contributed by atoms with Gasteiger partial charge < -0.3 is 14.2 Å². The molecule has 0 heterocycles. The Morgan fingerprint density at radius 3 is 0.747 bits per heavy atom. The van der Waals surface area contributed by atoms with Crippen LogP contribution in [0, 0.1) is 0 Å². The summed E-state index contributed by atoms with van der Waals surface area (Å²) in [7, 11) is 0. The van der Waals surface area contributed by atoms with Gasteiger partial charge in [0, 0.05) is 19.3 Å². The first-order valence-electron chi connectivity index (χ1n) is 35.7. The number of rotatable bonds is 65. The number of carbonyl (C=O) groups is 3. The van der Waals surface area contributed by atoms with E-state index in [0.29, 0.717) is 12.8 Å². The minimum Gasteiger partial charge on any atom is -0.462 e. The monoisotopic (exact) mass is 1160 g/mol. The van der Waals surface area contributed by atoms with Gasteiger partial charge in [-0.25, -0.2) is 0 Å². The highest BCUT2D eigenvalue weighted by molar-refractivity contribution is 5.71. The molecule has 0 aliphatic carbocycles. The van der Waals surface area contributed by atoms with Crippen molar-refractivity contribution >= 4 is 17.9 Å². The van der Waals surface area contributed by atoms with Crippen LogP contribution in [0.2, 0.25) is 0 Å². The fourth-order valence-corrected chi connectivity index (χ4v) is 10.3. The molecule has 0 bridgehead atoms. The smallest absolute Gasteiger partial charge is 0.306 e. The van der Waals surface area contributed by atoms with Gasteiger partial charge in [0.05, 0.1) is 0 Å². The van der Waals surface area contributed by atoms with Crippen molar-refractivity contribution in [3.05, 3.63) is 97.2 Å². The van der Waals surface area contributed by atoms with Gasteiger partial charge in [0.15, 0.2) is 6.10 Å². The molecule has 83 heavy (non-hydrogen) atoms. The molecule has 1 atom stereocenters. The molecular weight excluding hydrogens is 1020 g/mol. The summed E-state index contributed by atoms with van der Waals surface area (Å²) in [6, 6.07) is 0. The van der Waals surface area contributed by atoms with E-state index in [1.807, 2.05) is 0 Å². The average Bonchev–Trinajstić information content (AvgIpc) is 3.49. The fourth-order valence-electron chi connectivity index (χ4n) is 10.3. The van der Waals surface area contributed by atoms with Crippen LogP contribution >= 0.6 is 0 Å². The Morgan fingerprint density at radius 1 is 0.253 bits per heavy atom. The first-order chi connectivity index (χ1) is 41.0. The molecule has 0 rings (SSSR count). The molecular formula is C77H134O6. The summed E-state index contributed by atoms with van der Waals surface area (Å²) in [5.41, 5.74) is 0. The van der Waals surface area contributed by atoms with Gasteiger partial charge in [0.1, 0.15) is 13.2 Å². The van der Waals surface area contributed by atoms with Crippen LogP contribution in [-0.2, 0) is 28.6 Å². The standard InChI is InChI=1S/C77H134O6/c1-4-7-10-13-16-19-22-25-28-30-32-33-34-35-36-37-38-39-40-41-42-43-45-46-49-52-55-58-61-64-67-70-76(79)82-73-74(72-81-75(78)69-66-63-60-57-54-51-48-27-24-21-18-15-12-9-6-3)83-77(80)71-68-65-62-59-56-53-50-47-44-31-29-26-23-20-17-14-11-8-5-2/h8-9,11-12,17-18,20-21,26-27,29,44,47-48,53,56,74H,4-7,10,13-16,19,22-25,28,30-43,45-46,49-52,54-55,57-73H2,1-3H3/b11-8-,12-9-,20-17-,21-18-,29-26-,47-44-,48-27-,56-53-. The van der Waals surface area contributed by atoms with Crippen molar-refractivity contribution in [1.82, 2.24) is 0 Å². The molecule has 0 aromatic heterocycles. The average molecular weight is 1160 g/mol. The molecule has 0 spiro atoms. The van der Waals surface area contributed by atoms with Crippen LogP contribution in [-0.4, -0.2) is 37.2 Å². The predicted molar refractivity (Wildman–Crippen MR) is 362 cm³/mol. The number of hydrogen-bond donors (Lipinski definition) is 0. The number of carbonyl (C=O) groups excluding carboxylic acids is 3. The maximum absolute atomic E-state index is 12.9. The van der Waals surface area contributed by atoms with Crippen molar-refractivity contribution in [1.29, 1.82) is 0 Å². The third kappa shape index (κ3) is 69.0. The van der Waals surface area contributed by atoms with Gasteiger partial charge in [-0.3, -0.25) is 14.4 Å². The first kappa shape index (κ1) is 79.3. The van der Waals surface area contributed by atoms with Crippen LogP contribution < -0.4 is 0 Å². The lowest BCUT2D eigenvalue weighted by atomic mass is 10.0. The van der Waals surface area contributed by atoms with Gasteiger partial charge in [-0.1, -0.05) is 336 Å². The SMILES string of the molecule is CC/C=C\C/C=C\C/C=C\C/C=C\C/C=C\CCCCCC(=O)OC(COC(=O)CCCCCCC/C=C\C/C=C\C/C=C\CC)COC(=O)CCCCCCCCCCCCCCCCCCCCCCCCCCCCCCCCC. The Kier molecular flexibility index (Phi) is 67.7. The zero-order valence-electron chi connectivity index (χ0n) is 54.9. The zero-order chi connectivity index (χ0) is 59.9. The summed E-state index contributed by atoms with van der Waals surface area (Å²) in [4.78, 5) is 38.4. The minimum absolute atomic E-state index is 0.0947. The van der Waals surface area contributed by atoms with Gasteiger partial charge in [-0.2, -0.15) is 0 Å². The van der Waals surface area contributed by atoms with E-state index in [-0.39, 0.29) is 37.5 Å². The second-order valence-electron chi connectivity index (χ2n) is 23.7. The van der Waals surface area contributed by atoms with Crippen molar-refractivity contribution in [3.63, 3.8) is 0 Å². The van der Waals surface area contributed by atoms with E-state index in [1.165, 1.54) is 180 Å². The number of unbranched alkanes of at least 4 members (excludes halogenated alkanes) is 38. The molecule has 478 valence electrons. The van der Waals surface area contributed by atoms with Crippen molar-refractivity contribution in [3.8, 4) is 0 Å². The fraction of sp³-hybridized carbons (Fsp3) is 0.753. The number of hydrogen-bond acceptors (Lipinski definition) is 6. The molecule has 0 aliphatic rings. The van der Waals surface area contributed by atoms with Gasteiger partial charge in [0.25, 0.3) is 0 Å². The Balaban J connectivity index is 4.25. The summed E-state index contributed by atoms with van der Waals surface area (Å²) in [6.07, 6.45) is 96.0. The van der Waals surface area contributed by atoms with Crippen molar-refractivity contribution in [2.45, 2.75) is 361 Å². The third-order valence-electron chi connectivity index (χ3n) is 15.6. The molecule has 0 saturated heterocycles. The highest BCUT2D eigenvalue weighted by Gasteiger charge is 2.19. The van der Waals surface area contributed by atoms with Crippen LogP contribution in [0.3, 0.4) is 0 Å². The minimum atomic E-state index is -0.804.